The molecular formula is C23H25N5O3S. The number of fused-ring (bicyclic) bond motifs is 1. The molecule has 3 aromatic rings. The summed E-state index contributed by atoms with van der Waals surface area (Å²) in [5.74, 6) is -0.174. The van der Waals surface area contributed by atoms with Crippen molar-refractivity contribution >= 4 is 34.1 Å². The van der Waals surface area contributed by atoms with Crippen molar-refractivity contribution < 1.29 is 14.4 Å². The quantitative estimate of drug-likeness (QED) is 0.643. The van der Waals surface area contributed by atoms with Gasteiger partial charge in [-0.15, -0.1) is 0 Å². The summed E-state index contributed by atoms with van der Waals surface area (Å²) in [7, 11) is 3.59. The molecule has 2 heterocycles. The third kappa shape index (κ3) is 4.20. The van der Waals surface area contributed by atoms with Gasteiger partial charge in [0.1, 0.15) is 5.82 Å². The highest BCUT2D eigenvalue weighted by Crippen LogP contribution is 2.33. The van der Waals surface area contributed by atoms with Gasteiger partial charge in [-0.25, -0.2) is 9.97 Å². The number of benzene rings is 1. The number of ketones is 1. The Morgan fingerprint density at radius 1 is 1.28 bits per heavy atom. The maximum absolute atomic E-state index is 13.0. The van der Waals surface area contributed by atoms with E-state index in [1.54, 1.807) is 24.2 Å². The number of thiazole rings is 1. The van der Waals surface area contributed by atoms with Gasteiger partial charge >= 0.3 is 0 Å². The van der Waals surface area contributed by atoms with E-state index in [9.17, 15) is 14.4 Å². The van der Waals surface area contributed by atoms with Gasteiger partial charge in [0.25, 0.3) is 5.91 Å². The number of anilines is 1. The minimum Gasteiger partial charge on any atom is -0.338 e. The summed E-state index contributed by atoms with van der Waals surface area (Å²) in [6.45, 7) is 4.22. The maximum Gasteiger partial charge on any atom is 0.257 e. The van der Waals surface area contributed by atoms with E-state index in [-0.39, 0.29) is 24.0 Å². The number of rotatable bonds is 5. The normalized spacial score (nSPS) is 15.4. The van der Waals surface area contributed by atoms with Gasteiger partial charge in [-0.05, 0) is 31.0 Å². The molecule has 8 nitrogen and oxygen atoms in total. The number of aryl methyl sites for hydroxylation is 2. The second kappa shape index (κ2) is 8.66. The number of nitrogens with one attached hydrogen (secondary N) is 1. The lowest BCUT2D eigenvalue weighted by Crippen LogP contribution is -2.37. The third-order valence-electron chi connectivity index (χ3n) is 5.92. The molecule has 0 aliphatic heterocycles. The highest BCUT2D eigenvalue weighted by Gasteiger charge is 2.34. The summed E-state index contributed by atoms with van der Waals surface area (Å²) in [5, 5.41) is 3.20. The molecule has 1 unspecified atom stereocenters. The van der Waals surface area contributed by atoms with Gasteiger partial charge < -0.3 is 9.47 Å². The van der Waals surface area contributed by atoms with Crippen molar-refractivity contribution in [1.29, 1.82) is 0 Å². The lowest BCUT2D eigenvalue weighted by atomic mass is 9.89. The number of imidazole rings is 1. The molecule has 9 heteroatoms. The maximum atomic E-state index is 13.0. The molecule has 1 N–H and O–H groups in total. The van der Waals surface area contributed by atoms with Gasteiger partial charge in [-0.3, -0.25) is 19.7 Å². The van der Waals surface area contributed by atoms with E-state index in [0.29, 0.717) is 34.2 Å². The molecule has 0 saturated heterocycles. The van der Waals surface area contributed by atoms with Gasteiger partial charge in [0.2, 0.25) is 5.91 Å². The lowest BCUT2D eigenvalue weighted by molar-refractivity contribution is -0.134. The number of nitrogens with zero attached hydrogens (tertiary/aromatic N) is 4. The predicted molar refractivity (Wildman–Crippen MR) is 122 cm³/mol. The Labute approximate surface area is 190 Å². The summed E-state index contributed by atoms with van der Waals surface area (Å²) in [5.41, 5.74) is 3.09. The van der Waals surface area contributed by atoms with Crippen LogP contribution < -0.4 is 5.32 Å². The standard InChI is InChI=1S/C23H25N5O3S/c1-13-6-5-7-16(14(13)2)21(30)26-23-25-17-10-15(11-18(29)20(17)32-23)22(31)28(4)12-19-24-8-9-27(19)3/h5-9,15H,10-12H2,1-4H3,(H,25,26,30). The summed E-state index contributed by atoms with van der Waals surface area (Å²) in [6.07, 6.45) is 4.03. The molecule has 0 bridgehead atoms. The monoisotopic (exact) mass is 451 g/mol. The van der Waals surface area contributed by atoms with Crippen LogP contribution in [0.2, 0.25) is 0 Å². The van der Waals surface area contributed by atoms with E-state index in [4.69, 9.17) is 0 Å². The number of amides is 2. The Morgan fingerprint density at radius 2 is 2.06 bits per heavy atom. The van der Waals surface area contributed by atoms with E-state index in [1.165, 1.54) is 11.3 Å². The minimum atomic E-state index is -0.468. The van der Waals surface area contributed by atoms with Crippen LogP contribution in [0.1, 0.15) is 49.1 Å². The number of hydrogen-bond donors (Lipinski definition) is 1. The van der Waals surface area contributed by atoms with E-state index < -0.39 is 5.92 Å². The van der Waals surface area contributed by atoms with Crippen LogP contribution in [-0.4, -0.2) is 44.1 Å². The predicted octanol–water partition coefficient (Wildman–Crippen LogP) is 3.15. The molecule has 0 fully saturated rings. The highest BCUT2D eigenvalue weighted by atomic mass is 32.1. The van der Waals surface area contributed by atoms with Crippen molar-refractivity contribution in [3.63, 3.8) is 0 Å². The first-order chi connectivity index (χ1) is 15.2. The average Bonchev–Trinajstić information content (AvgIpc) is 3.35. The summed E-state index contributed by atoms with van der Waals surface area (Å²) < 4.78 is 1.86. The second-order valence-electron chi connectivity index (χ2n) is 8.17. The first-order valence-corrected chi connectivity index (χ1v) is 11.2. The van der Waals surface area contributed by atoms with Crippen LogP contribution in [0.25, 0.3) is 0 Å². The van der Waals surface area contributed by atoms with Crippen LogP contribution >= 0.6 is 11.3 Å². The smallest absolute Gasteiger partial charge is 0.257 e. The highest BCUT2D eigenvalue weighted by molar-refractivity contribution is 7.17. The van der Waals surface area contributed by atoms with Crippen LogP contribution in [-0.2, 0) is 24.8 Å². The molecule has 1 atom stereocenters. The third-order valence-corrected chi connectivity index (χ3v) is 6.97. The van der Waals surface area contributed by atoms with Crippen LogP contribution in [0, 0.1) is 19.8 Å². The molecule has 166 valence electrons. The lowest BCUT2D eigenvalue weighted by Gasteiger charge is -2.25. The SMILES string of the molecule is Cc1cccc(C(=O)Nc2nc3c(s2)C(=O)CC(C(=O)N(C)Cc2nccn2C)C3)c1C. The van der Waals surface area contributed by atoms with E-state index >= 15 is 0 Å². The topological polar surface area (TPSA) is 97.2 Å². The first kappa shape index (κ1) is 21.9. The largest absolute Gasteiger partial charge is 0.338 e. The van der Waals surface area contributed by atoms with Crippen molar-refractivity contribution in [1.82, 2.24) is 19.4 Å². The molecule has 1 aliphatic rings. The molecule has 32 heavy (non-hydrogen) atoms. The Balaban J connectivity index is 1.47. The molecule has 2 amide bonds. The number of carbonyl (C=O) groups excluding carboxylic acids is 3. The number of hydrogen-bond acceptors (Lipinski definition) is 6. The number of aromatic nitrogens is 3. The van der Waals surface area contributed by atoms with Crippen LogP contribution in [0.4, 0.5) is 5.13 Å². The van der Waals surface area contributed by atoms with Crippen molar-refractivity contribution in [2.75, 3.05) is 12.4 Å². The van der Waals surface area contributed by atoms with Crippen molar-refractivity contribution in [3.05, 3.63) is 63.7 Å². The summed E-state index contributed by atoms with van der Waals surface area (Å²) in [6, 6.07) is 5.56. The summed E-state index contributed by atoms with van der Waals surface area (Å²) in [4.78, 5) is 49.3. The molecule has 0 radical (unpaired) electrons. The van der Waals surface area contributed by atoms with Crippen molar-refractivity contribution in [2.45, 2.75) is 33.2 Å². The van der Waals surface area contributed by atoms with Crippen LogP contribution in [0.15, 0.2) is 30.6 Å². The van der Waals surface area contributed by atoms with Gasteiger partial charge in [-0.1, -0.05) is 23.5 Å². The number of Topliss-reactive ketones (excluding diaryl/α,β-unsaturated/α-hetero) is 1. The molecule has 4 rings (SSSR count). The molecule has 0 saturated carbocycles. The molecule has 0 spiro atoms. The zero-order valence-corrected chi connectivity index (χ0v) is 19.3. The average molecular weight is 452 g/mol. The van der Waals surface area contributed by atoms with E-state index in [1.807, 2.05) is 43.8 Å². The molecular weight excluding hydrogens is 426 g/mol. The Kier molecular flexibility index (Phi) is 5.92. The van der Waals surface area contributed by atoms with Crippen LogP contribution in [0.5, 0.6) is 0 Å². The van der Waals surface area contributed by atoms with E-state index in [0.717, 1.165) is 17.0 Å². The minimum absolute atomic E-state index is 0.110. The zero-order chi connectivity index (χ0) is 23.0. The van der Waals surface area contributed by atoms with Crippen molar-refractivity contribution in [3.8, 4) is 0 Å². The zero-order valence-electron chi connectivity index (χ0n) is 18.5. The van der Waals surface area contributed by atoms with Gasteiger partial charge in [0.15, 0.2) is 10.9 Å². The fourth-order valence-electron chi connectivity index (χ4n) is 3.87. The van der Waals surface area contributed by atoms with Gasteiger partial charge in [-0.2, -0.15) is 0 Å². The molecule has 1 aromatic carbocycles. The molecule has 2 aromatic heterocycles. The fourth-order valence-corrected chi connectivity index (χ4v) is 4.81. The Morgan fingerprint density at radius 3 is 2.78 bits per heavy atom. The molecule has 1 aliphatic carbocycles. The Hall–Kier alpha value is -3.33. The Bertz CT molecular complexity index is 1210. The fraction of sp³-hybridized carbons (Fsp3) is 0.348. The van der Waals surface area contributed by atoms with Gasteiger partial charge in [0, 0.05) is 44.9 Å². The second-order valence-corrected chi connectivity index (χ2v) is 9.17. The first-order valence-electron chi connectivity index (χ1n) is 10.4. The van der Waals surface area contributed by atoms with Crippen LogP contribution in [0.3, 0.4) is 0 Å². The number of carbonyl (C=O) groups is 3. The van der Waals surface area contributed by atoms with E-state index in [2.05, 4.69) is 15.3 Å². The van der Waals surface area contributed by atoms with Crippen molar-refractivity contribution in [2.24, 2.45) is 13.0 Å². The summed E-state index contributed by atoms with van der Waals surface area (Å²) >= 11 is 1.17. The van der Waals surface area contributed by atoms with Gasteiger partial charge in [0.05, 0.1) is 23.0 Å².